The third-order valence-corrected chi connectivity index (χ3v) is 4.90. The summed E-state index contributed by atoms with van der Waals surface area (Å²) in [6.07, 6.45) is 0. The predicted molar refractivity (Wildman–Crippen MR) is 111 cm³/mol. The van der Waals surface area contributed by atoms with Crippen molar-refractivity contribution in [2.24, 2.45) is 0 Å². The molecule has 1 aliphatic heterocycles. The van der Waals surface area contributed by atoms with E-state index in [-0.39, 0.29) is 5.91 Å². The number of anilines is 2. The van der Waals surface area contributed by atoms with E-state index in [4.69, 9.17) is 4.74 Å². The number of nitrogens with one attached hydrogen (secondary N) is 1. The van der Waals surface area contributed by atoms with Gasteiger partial charge in [0.25, 0.3) is 0 Å². The van der Waals surface area contributed by atoms with Crippen LogP contribution >= 0.6 is 0 Å². The summed E-state index contributed by atoms with van der Waals surface area (Å²) in [6, 6.07) is 14.3. The van der Waals surface area contributed by atoms with Gasteiger partial charge in [-0.2, -0.15) is 0 Å². The number of carbonyl (C=O) groups excluding carboxylic acids is 1. The Kier molecular flexibility index (Phi) is 6.35. The topological polar surface area (TPSA) is 44.8 Å². The number of hydrogen-bond donors (Lipinski definition) is 1. The Labute approximate surface area is 161 Å². The maximum atomic E-state index is 12.4. The highest BCUT2D eigenvalue weighted by atomic mass is 16.5. The standard InChI is InChI=1S/C22H29N3O2/c1-4-27-21-8-6-5-7-20(21)25-13-11-24(12-14-25)16-22(26)23-19-10-9-17(2)15-18(19)3/h5-10,15H,4,11-14,16H2,1-3H3,(H,23,26). The fourth-order valence-electron chi connectivity index (χ4n) is 3.49. The van der Waals surface area contributed by atoms with Gasteiger partial charge in [0.2, 0.25) is 5.91 Å². The maximum Gasteiger partial charge on any atom is 0.238 e. The van der Waals surface area contributed by atoms with Crippen molar-refractivity contribution in [1.82, 2.24) is 4.90 Å². The molecule has 0 aromatic heterocycles. The zero-order chi connectivity index (χ0) is 19.2. The Morgan fingerprint density at radius 3 is 2.52 bits per heavy atom. The quantitative estimate of drug-likeness (QED) is 0.849. The summed E-state index contributed by atoms with van der Waals surface area (Å²) in [5.41, 5.74) is 4.34. The molecule has 1 amide bonds. The molecule has 0 bridgehead atoms. The molecule has 1 aliphatic rings. The number of hydrogen-bond acceptors (Lipinski definition) is 4. The van der Waals surface area contributed by atoms with Gasteiger partial charge in [-0.05, 0) is 44.5 Å². The molecular formula is C22H29N3O2. The summed E-state index contributed by atoms with van der Waals surface area (Å²) in [7, 11) is 0. The zero-order valence-corrected chi connectivity index (χ0v) is 16.5. The van der Waals surface area contributed by atoms with E-state index >= 15 is 0 Å². The highest BCUT2D eigenvalue weighted by Crippen LogP contribution is 2.28. The molecule has 5 nitrogen and oxygen atoms in total. The highest BCUT2D eigenvalue weighted by Gasteiger charge is 2.21. The van der Waals surface area contributed by atoms with Gasteiger partial charge in [0.1, 0.15) is 5.75 Å². The molecule has 27 heavy (non-hydrogen) atoms. The third kappa shape index (κ3) is 5.01. The van der Waals surface area contributed by atoms with Crippen LogP contribution < -0.4 is 15.0 Å². The number of piperazine rings is 1. The van der Waals surface area contributed by atoms with Crippen LogP contribution in [0.15, 0.2) is 42.5 Å². The first-order valence-electron chi connectivity index (χ1n) is 9.63. The molecule has 1 fully saturated rings. The Morgan fingerprint density at radius 2 is 1.81 bits per heavy atom. The van der Waals surface area contributed by atoms with E-state index in [0.29, 0.717) is 13.2 Å². The van der Waals surface area contributed by atoms with Gasteiger partial charge in [-0.15, -0.1) is 0 Å². The van der Waals surface area contributed by atoms with E-state index in [1.165, 1.54) is 5.56 Å². The Morgan fingerprint density at radius 1 is 1.07 bits per heavy atom. The Balaban J connectivity index is 1.53. The molecule has 0 saturated carbocycles. The van der Waals surface area contributed by atoms with E-state index in [1.54, 1.807) is 0 Å². The van der Waals surface area contributed by atoms with Crippen molar-refractivity contribution in [1.29, 1.82) is 0 Å². The van der Waals surface area contributed by atoms with Crippen molar-refractivity contribution in [3.63, 3.8) is 0 Å². The molecule has 1 heterocycles. The van der Waals surface area contributed by atoms with Crippen molar-refractivity contribution in [3.05, 3.63) is 53.6 Å². The number of ether oxygens (including phenoxy) is 1. The number of carbonyl (C=O) groups is 1. The first-order chi connectivity index (χ1) is 13.1. The summed E-state index contributed by atoms with van der Waals surface area (Å²) in [5, 5.41) is 3.04. The van der Waals surface area contributed by atoms with Crippen LogP contribution in [0.3, 0.4) is 0 Å². The second kappa shape index (κ2) is 8.91. The average molecular weight is 367 g/mol. The van der Waals surface area contributed by atoms with E-state index in [0.717, 1.165) is 48.9 Å². The number of nitrogens with zero attached hydrogens (tertiary/aromatic N) is 2. The van der Waals surface area contributed by atoms with Crippen molar-refractivity contribution >= 4 is 17.3 Å². The number of benzene rings is 2. The monoisotopic (exact) mass is 367 g/mol. The van der Waals surface area contributed by atoms with Gasteiger partial charge in [-0.25, -0.2) is 0 Å². The van der Waals surface area contributed by atoms with Gasteiger partial charge in [-0.3, -0.25) is 9.69 Å². The largest absolute Gasteiger partial charge is 0.492 e. The summed E-state index contributed by atoms with van der Waals surface area (Å²) in [4.78, 5) is 17.0. The maximum absolute atomic E-state index is 12.4. The average Bonchev–Trinajstić information content (AvgIpc) is 2.65. The van der Waals surface area contributed by atoms with E-state index in [2.05, 4.69) is 34.2 Å². The van der Waals surface area contributed by atoms with Crippen LogP contribution in [0.25, 0.3) is 0 Å². The molecule has 1 saturated heterocycles. The molecule has 144 valence electrons. The predicted octanol–water partition coefficient (Wildman–Crippen LogP) is 3.46. The van der Waals surface area contributed by atoms with Gasteiger partial charge >= 0.3 is 0 Å². The van der Waals surface area contributed by atoms with E-state index < -0.39 is 0 Å². The number of rotatable bonds is 6. The minimum Gasteiger partial charge on any atom is -0.492 e. The minimum absolute atomic E-state index is 0.0464. The number of aryl methyl sites for hydroxylation is 2. The second-order valence-electron chi connectivity index (χ2n) is 7.03. The number of para-hydroxylation sites is 2. The lowest BCUT2D eigenvalue weighted by Crippen LogP contribution is -2.48. The normalized spacial score (nSPS) is 14.9. The van der Waals surface area contributed by atoms with Crippen molar-refractivity contribution in [2.75, 3.05) is 49.5 Å². The first kappa shape index (κ1) is 19.2. The lowest BCUT2D eigenvalue weighted by atomic mass is 10.1. The summed E-state index contributed by atoms with van der Waals surface area (Å²) >= 11 is 0. The molecule has 0 unspecified atom stereocenters. The van der Waals surface area contributed by atoms with Gasteiger partial charge in [0.15, 0.2) is 0 Å². The molecule has 2 aromatic rings. The second-order valence-corrected chi connectivity index (χ2v) is 7.03. The van der Waals surface area contributed by atoms with Gasteiger partial charge in [0.05, 0.1) is 18.8 Å². The van der Waals surface area contributed by atoms with Crippen LogP contribution in [-0.2, 0) is 4.79 Å². The molecule has 0 aliphatic carbocycles. The van der Waals surface area contributed by atoms with Gasteiger partial charge in [-0.1, -0.05) is 29.8 Å². The van der Waals surface area contributed by atoms with Gasteiger partial charge in [0, 0.05) is 31.9 Å². The molecule has 0 radical (unpaired) electrons. The molecule has 3 rings (SSSR count). The zero-order valence-electron chi connectivity index (χ0n) is 16.5. The fourth-order valence-corrected chi connectivity index (χ4v) is 3.49. The highest BCUT2D eigenvalue weighted by molar-refractivity contribution is 5.93. The van der Waals surface area contributed by atoms with Crippen molar-refractivity contribution in [3.8, 4) is 5.75 Å². The fraction of sp³-hybridized carbons (Fsp3) is 0.409. The lowest BCUT2D eigenvalue weighted by Gasteiger charge is -2.36. The van der Waals surface area contributed by atoms with Crippen LogP contribution in [-0.4, -0.2) is 50.1 Å². The first-order valence-corrected chi connectivity index (χ1v) is 9.63. The van der Waals surface area contributed by atoms with Crippen molar-refractivity contribution < 1.29 is 9.53 Å². The Hall–Kier alpha value is -2.53. The van der Waals surface area contributed by atoms with Crippen LogP contribution in [0.2, 0.25) is 0 Å². The molecule has 0 atom stereocenters. The van der Waals surface area contributed by atoms with Crippen LogP contribution in [0, 0.1) is 13.8 Å². The van der Waals surface area contributed by atoms with Crippen molar-refractivity contribution in [2.45, 2.75) is 20.8 Å². The molecule has 5 heteroatoms. The number of amides is 1. The van der Waals surface area contributed by atoms with Crippen LogP contribution in [0.4, 0.5) is 11.4 Å². The van der Waals surface area contributed by atoms with Crippen LogP contribution in [0.1, 0.15) is 18.1 Å². The van der Waals surface area contributed by atoms with Crippen LogP contribution in [0.5, 0.6) is 5.75 Å². The lowest BCUT2D eigenvalue weighted by molar-refractivity contribution is -0.117. The molecule has 0 spiro atoms. The summed E-state index contributed by atoms with van der Waals surface area (Å²) in [6.45, 7) is 10.7. The van der Waals surface area contributed by atoms with E-state index in [9.17, 15) is 4.79 Å². The van der Waals surface area contributed by atoms with Gasteiger partial charge < -0.3 is 15.0 Å². The minimum atomic E-state index is 0.0464. The molecular weight excluding hydrogens is 338 g/mol. The summed E-state index contributed by atoms with van der Waals surface area (Å²) < 4.78 is 5.75. The van der Waals surface area contributed by atoms with E-state index in [1.807, 2.05) is 44.2 Å². The molecule has 2 aromatic carbocycles. The summed E-state index contributed by atoms with van der Waals surface area (Å²) in [5.74, 6) is 0.978. The SMILES string of the molecule is CCOc1ccccc1N1CCN(CC(=O)Nc2ccc(C)cc2C)CC1. The smallest absolute Gasteiger partial charge is 0.238 e. The molecule has 1 N–H and O–H groups in total. The third-order valence-electron chi connectivity index (χ3n) is 4.90. The Bertz CT molecular complexity index is 783.